The summed E-state index contributed by atoms with van der Waals surface area (Å²) in [6.07, 6.45) is 6.13. The molecule has 2 N–H and O–H groups in total. The van der Waals surface area contributed by atoms with Crippen molar-refractivity contribution >= 4 is 5.97 Å². The molecule has 0 heterocycles. The minimum Gasteiger partial charge on any atom is -0.468 e. The second-order valence-electron chi connectivity index (χ2n) is 5.28. The van der Waals surface area contributed by atoms with E-state index >= 15 is 0 Å². The van der Waals surface area contributed by atoms with Gasteiger partial charge in [-0.1, -0.05) is 26.2 Å². The Bertz CT molecular complexity index is 253. The lowest BCUT2D eigenvalue weighted by Gasteiger charge is -2.31. The summed E-state index contributed by atoms with van der Waals surface area (Å²) in [4.78, 5) is 11.4. The second-order valence-corrected chi connectivity index (χ2v) is 5.28. The van der Waals surface area contributed by atoms with Crippen molar-refractivity contribution in [2.45, 2.75) is 57.6 Å². The van der Waals surface area contributed by atoms with Gasteiger partial charge in [-0.05, 0) is 25.7 Å². The molecule has 1 aliphatic carbocycles. The van der Waals surface area contributed by atoms with Gasteiger partial charge in [-0.25, -0.2) is 4.79 Å². The van der Waals surface area contributed by atoms with Crippen LogP contribution in [-0.2, 0) is 14.3 Å². The number of carbonyl (C=O) groups excluding carboxylic acids is 1. The Morgan fingerprint density at radius 2 is 2.18 bits per heavy atom. The maximum absolute atomic E-state index is 11.4. The highest BCUT2D eigenvalue weighted by atomic mass is 16.5. The fourth-order valence-corrected chi connectivity index (χ4v) is 2.35. The molecule has 100 valence electrons. The lowest BCUT2D eigenvalue weighted by atomic mass is 9.85. The van der Waals surface area contributed by atoms with Crippen molar-refractivity contribution < 1.29 is 14.3 Å². The van der Waals surface area contributed by atoms with Gasteiger partial charge in [0.25, 0.3) is 0 Å². The Labute approximate surface area is 104 Å². The number of methoxy groups -OCH3 is 1. The van der Waals surface area contributed by atoms with Crippen LogP contribution in [0, 0.1) is 5.92 Å². The highest BCUT2D eigenvalue weighted by Gasteiger charge is 2.32. The quantitative estimate of drug-likeness (QED) is 0.749. The maximum atomic E-state index is 11.4. The molecule has 3 atom stereocenters. The second kappa shape index (κ2) is 6.36. The minimum absolute atomic E-state index is 0.237. The predicted octanol–water partition coefficient (Wildman–Crippen LogP) is 1.86. The zero-order valence-corrected chi connectivity index (χ0v) is 11.2. The molecule has 0 aromatic carbocycles. The van der Waals surface area contributed by atoms with Crippen LogP contribution in [0.25, 0.3) is 0 Å². The van der Waals surface area contributed by atoms with Crippen LogP contribution in [0.3, 0.4) is 0 Å². The average Bonchev–Trinajstić information content (AvgIpc) is 2.35. The van der Waals surface area contributed by atoms with Gasteiger partial charge in [-0.15, -0.1) is 0 Å². The zero-order chi connectivity index (χ0) is 12.9. The number of ether oxygens (including phenoxy) is 2. The van der Waals surface area contributed by atoms with Crippen molar-refractivity contribution in [3.8, 4) is 0 Å². The molecule has 0 aromatic rings. The largest absolute Gasteiger partial charge is 0.468 e. The molecule has 0 spiro atoms. The molecule has 4 nitrogen and oxygen atoms in total. The van der Waals surface area contributed by atoms with E-state index in [1.807, 2.05) is 0 Å². The molecule has 0 aromatic heterocycles. The fourth-order valence-electron chi connectivity index (χ4n) is 2.35. The van der Waals surface area contributed by atoms with Crippen molar-refractivity contribution in [2.24, 2.45) is 11.7 Å². The van der Waals surface area contributed by atoms with E-state index in [2.05, 4.69) is 11.7 Å². The molecule has 4 heteroatoms. The van der Waals surface area contributed by atoms with Gasteiger partial charge in [0.15, 0.2) is 0 Å². The summed E-state index contributed by atoms with van der Waals surface area (Å²) >= 11 is 0. The topological polar surface area (TPSA) is 61.5 Å². The lowest BCUT2D eigenvalue weighted by molar-refractivity contribution is -0.150. The van der Waals surface area contributed by atoms with Gasteiger partial charge in [0.05, 0.1) is 19.8 Å². The van der Waals surface area contributed by atoms with E-state index in [4.69, 9.17) is 10.5 Å². The number of hydrogen-bond donors (Lipinski definition) is 1. The van der Waals surface area contributed by atoms with E-state index in [0.717, 1.165) is 18.8 Å². The van der Waals surface area contributed by atoms with E-state index in [9.17, 15) is 4.79 Å². The zero-order valence-electron chi connectivity index (χ0n) is 11.2. The first-order valence-electron chi connectivity index (χ1n) is 6.48. The number of hydrogen-bond acceptors (Lipinski definition) is 4. The Morgan fingerprint density at radius 1 is 1.47 bits per heavy atom. The molecule has 0 aliphatic heterocycles. The van der Waals surface area contributed by atoms with Crippen molar-refractivity contribution in [3.63, 3.8) is 0 Å². The van der Waals surface area contributed by atoms with Crippen LogP contribution >= 0.6 is 0 Å². The van der Waals surface area contributed by atoms with Gasteiger partial charge in [0, 0.05) is 0 Å². The fraction of sp³-hybridized carbons (Fsp3) is 0.923. The van der Waals surface area contributed by atoms with Crippen molar-refractivity contribution in [1.82, 2.24) is 0 Å². The van der Waals surface area contributed by atoms with Gasteiger partial charge in [-0.3, -0.25) is 0 Å². The molecule has 1 rings (SSSR count). The van der Waals surface area contributed by atoms with Crippen LogP contribution in [0.4, 0.5) is 0 Å². The van der Waals surface area contributed by atoms with Crippen molar-refractivity contribution in [3.05, 3.63) is 0 Å². The minimum atomic E-state index is -1.03. The van der Waals surface area contributed by atoms with Gasteiger partial charge >= 0.3 is 5.97 Å². The maximum Gasteiger partial charge on any atom is 0.327 e. The first-order valence-corrected chi connectivity index (χ1v) is 6.48. The van der Waals surface area contributed by atoms with Gasteiger partial charge in [-0.2, -0.15) is 0 Å². The first kappa shape index (κ1) is 14.5. The standard InChI is InChI=1S/C13H25NO3/c1-4-10-6-5-7-11(8-10)17-9-13(2,14)12(15)16-3/h10-11H,4-9,14H2,1-3H3. The molecule has 0 bridgehead atoms. The van der Waals surface area contributed by atoms with E-state index in [1.54, 1.807) is 6.92 Å². The first-order chi connectivity index (χ1) is 7.99. The molecule has 1 aliphatic rings. The van der Waals surface area contributed by atoms with E-state index in [0.29, 0.717) is 0 Å². The molecule has 1 fully saturated rings. The SMILES string of the molecule is CCC1CCCC(OCC(C)(N)C(=O)OC)C1. The Hall–Kier alpha value is -0.610. The predicted molar refractivity (Wildman–Crippen MR) is 66.6 cm³/mol. The van der Waals surface area contributed by atoms with Gasteiger partial charge < -0.3 is 15.2 Å². The van der Waals surface area contributed by atoms with Crippen LogP contribution < -0.4 is 5.73 Å². The summed E-state index contributed by atoms with van der Waals surface area (Å²) in [5.74, 6) is 0.344. The molecular formula is C13H25NO3. The molecular weight excluding hydrogens is 218 g/mol. The molecule has 17 heavy (non-hydrogen) atoms. The van der Waals surface area contributed by atoms with Crippen LogP contribution in [0.2, 0.25) is 0 Å². The van der Waals surface area contributed by atoms with Crippen molar-refractivity contribution in [1.29, 1.82) is 0 Å². The molecule has 0 saturated heterocycles. The average molecular weight is 243 g/mol. The monoisotopic (exact) mass is 243 g/mol. The molecule has 3 unspecified atom stereocenters. The third-order valence-electron chi connectivity index (χ3n) is 3.58. The normalized spacial score (nSPS) is 28.5. The third-order valence-corrected chi connectivity index (χ3v) is 3.58. The highest BCUT2D eigenvalue weighted by molar-refractivity contribution is 5.80. The van der Waals surface area contributed by atoms with Crippen LogP contribution in [0.5, 0.6) is 0 Å². The Morgan fingerprint density at radius 3 is 2.76 bits per heavy atom. The van der Waals surface area contributed by atoms with Crippen LogP contribution in [0.1, 0.15) is 46.0 Å². The van der Waals surface area contributed by atoms with Crippen LogP contribution in [0.15, 0.2) is 0 Å². The summed E-state index contributed by atoms with van der Waals surface area (Å²) < 4.78 is 10.4. The molecule has 1 saturated carbocycles. The highest BCUT2D eigenvalue weighted by Crippen LogP contribution is 2.28. The Balaban J connectivity index is 2.37. The van der Waals surface area contributed by atoms with E-state index in [1.165, 1.54) is 26.4 Å². The molecule has 0 radical (unpaired) electrons. The summed E-state index contributed by atoms with van der Waals surface area (Å²) in [6.45, 7) is 4.11. The van der Waals surface area contributed by atoms with E-state index in [-0.39, 0.29) is 12.7 Å². The van der Waals surface area contributed by atoms with Gasteiger partial charge in [0.1, 0.15) is 5.54 Å². The van der Waals surface area contributed by atoms with Gasteiger partial charge in [0.2, 0.25) is 0 Å². The number of carbonyl (C=O) groups is 1. The summed E-state index contributed by atoms with van der Waals surface area (Å²) in [5, 5.41) is 0. The van der Waals surface area contributed by atoms with E-state index < -0.39 is 11.5 Å². The number of nitrogens with two attached hydrogens (primary N) is 1. The summed E-state index contributed by atoms with van der Waals surface area (Å²) in [6, 6.07) is 0. The molecule has 0 amide bonds. The third kappa shape index (κ3) is 4.28. The Kier molecular flexibility index (Phi) is 5.40. The number of esters is 1. The smallest absolute Gasteiger partial charge is 0.327 e. The summed E-state index contributed by atoms with van der Waals surface area (Å²) in [7, 11) is 1.35. The summed E-state index contributed by atoms with van der Waals surface area (Å²) in [5.41, 5.74) is 4.82. The number of rotatable bonds is 5. The lowest BCUT2D eigenvalue weighted by Crippen LogP contribution is -2.50. The van der Waals surface area contributed by atoms with Crippen LogP contribution in [-0.4, -0.2) is 31.3 Å². The van der Waals surface area contributed by atoms with Crippen molar-refractivity contribution in [2.75, 3.05) is 13.7 Å².